The Bertz CT molecular complexity index is 930. The monoisotopic (exact) mass is 400 g/mol. The van der Waals surface area contributed by atoms with Gasteiger partial charge < -0.3 is 24.7 Å². The van der Waals surface area contributed by atoms with Crippen molar-refractivity contribution in [3.63, 3.8) is 0 Å². The van der Waals surface area contributed by atoms with Crippen molar-refractivity contribution < 1.29 is 9.53 Å². The van der Waals surface area contributed by atoms with Gasteiger partial charge in [-0.1, -0.05) is 0 Å². The van der Waals surface area contributed by atoms with Crippen molar-refractivity contribution in [2.75, 3.05) is 43.7 Å². The van der Waals surface area contributed by atoms with Gasteiger partial charge in [-0.3, -0.25) is 20.9 Å². The summed E-state index contributed by atoms with van der Waals surface area (Å²) in [4.78, 5) is 20.1. The third-order valence-corrected chi connectivity index (χ3v) is 5.23. The number of piperidine rings is 1. The molecule has 29 heavy (non-hydrogen) atoms. The van der Waals surface area contributed by atoms with Crippen molar-refractivity contribution in [1.82, 2.24) is 19.7 Å². The van der Waals surface area contributed by atoms with E-state index < -0.39 is 0 Å². The van der Waals surface area contributed by atoms with Crippen LogP contribution in [0.2, 0.25) is 0 Å². The minimum atomic E-state index is 0.0208. The van der Waals surface area contributed by atoms with Gasteiger partial charge in [0.2, 0.25) is 0 Å². The summed E-state index contributed by atoms with van der Waals surface area (Å²) in [6.45, 7) is 3.14. The number of aromatic nitrogens is 2. The zero-order valence-electron chi connectivity index (χ0n) is 16.5. The number of nitrogens with one attached hydrogen (secondary N) is 3. The lowest BCUT2D eigenvalue weighted by Crippen LogP contribution is -2.36. The van der Waals surface area contributed by atoms with E-state index in [4.69, 9.17) is 10.1 Å². The molecule has 2 aromatic heterocycles. The Hall–Kier alpha value is -2.82. The molecule has 1 fully saturated rings. The van der Waals surface area contributed by atoms with Gasteiger partial charge in [-0.05, 0) is 38.4 Å². The van der Waals surface area contributed by atoms with Crippen LogP contribution in [0, 0.1) is 10.6 Å². The number of hydrazine groups is 1. The Morgan fingerprint density at radius 3 is 2.79 bits per heavy atom. The smallest absolute Gasteiger partial charge is 0.270 e. The van der Waals surface area contributed by atoms with Crippen LogP contribution in [0.25, 0.3) is 0 Å². The summed E-state index contributed by atoms with van der Waals surface area (Å²) < 4.78 is 7.04. The molecule has 1 saturated heterocycles. The van der Waals surface area contributed by atoms with Gasteiger partial charge in [0.05, 0.1) is 13.2 Å². The van der Waals surface area contributed by atoms with Crippen LogP contribution >= 0.6 is 0 Å². The Balaban J connectivity index is 1.63. The van der Waals surface area contributed by atoms with Gasteiger partial charge in [-0.25, -0.2) is 4.68 Å². The number of hydrogen-bond donors (Lipinski definition) is 3. The van der Waals surface area contributed by atoms with Crippen molar-refractivity contribution in [2.45, 2.75) is 25.9 Å². The van der Waals surface area contributed by atoms with Gasteiger partial charge >= 0.3 is 0 Å². The Morgan fingerprint density at radius 2 is 2.07 bits per heavy atom. The van der Waals surface area contributed by atoms with E-state index >= 15 is 0 Å². The normalized spacial score (nSPS) is 17.2. The molecular weight excluding hydrogens is 374 g/mol. The third kappa shape index (κ3) is 4.14. The minimum Gasteiger partial charge on any atom is -0.767 e. The number of anilines is 2. The summed E-state index contributed by atoms with van der Waals surface area (Å²) >= 11 is 0. The van der Waals surface area contributed by atoms with Crippen LogP contribution in [0.4, 0.5) is 11.5 Å². The van der Waals surface area contributed by atoms with Gasteiger partial charge in [0.1, 0.15) is 17.0 Å². The maximum atomic E-state index is 12.9. The molecule has 156 valence electrons. The van der Waals surface area contributed by atoms with Crippen LogP contribution in [-0.2, 0) is 11.3 Å². The molecule has 2 aliphatic rings. The number of carbonyl (C=O) groups excluding carboxylic acids is 1. The first kappa shape index (κ1) is 19.5. The topological polar surface area (TPSA) is 116 Å². The number of aromatic amines is 1. The standard InChI is InChI=1S/C19H26N7O3/c1-23(28)22-26-8-5-15(12-17(26)20)25-9-10-29-13-14-11-16(21-18(14)25)19(27)24-6-3-2-4-7-24/h5,8,11-12,20-22H,2-4,6-7,9-10,13H2,1H3/q-1. The van der Waals surface area contributed by atoms with E-state index in [1.54, 1.807) is 12.3 Å². The molecule has 0 spiro atoms. The van der Waals surface area contributed by atoms with Gasteiger partial charge in [0.15, 0.2) is 0 Å². The Labute approximate surface area is 168 Å². The lowest BCUT2D eigenvalue weighted by Gasteiger charge is -2.27. The molecule has 3 N–H and O–H groups in total. The van der Waals surface area contributed by atoms with Crippen LogP contribution in [0.15, 0.2) is 24.4 Å². The molecule has 0 unspecified atom stereocenters. The number of hydroxylamine groups is 1. The Morgan fingerprint density at radius 1 is 1.28 bits per heavy atom. The summed E-state index contributed by atoms with van der Waals surface area (Å²) in [6, 6.07) is 5.36. The van der Waals surface area contributed by atoms with Crippen molar-refractivity contribution in [2.24, 2.45) is 0 Å². The van der Waals surface area contributed by atoms with Gasteiger partial charge in [-0.15, -0.1) is 0 Å². The first-order valence-electron chi connectivity index (χ1n) is 9.84. The van der Waals surface area contributed by atoms with Crippen molar-refractivity contribution in [3.8, 4) is 0 Å². The van der Waals surface area contributed by atoms with Crippen LogP contribution in [-0.4, -0.2) is 58.9 Å². The van der Waals surface area contributed by atoms with Crippen LogP contribution in [0.1, 0.15) is 35.3 Å². The van der Waals surface area contributed by atoms with E-state index in [1.807, 2.05) is 21.9 Å². The quantitative estimate of drug-likeness (QED) is 0.670. The molecule has 0 aliphatic carbocycles. The average molecular weight is 400 g/mol. The van der Waals surface area contributed by atoms with Gasteiger partial charge in [0, 0.05) is 43.1 Å². The number of H-pyrrole nitrogens is 1. The van der Waals surface area contributed by atoms with E-state index in [1.165, 1.54) is 18.1 Å². The van der Waals surface area contributed by atoms with Crippen LogP contribution < -0.4 is 15.9 Å². The molecule has 10 heteroatoms. The molecule has 4 rings (SSSR count). The Kier molecular flexibility index (Phi) is 5.56. The maximum absolute atomic E-state index is 12.9. The molecule has 4 heterocycles. The second-order valence-corrected chi connectivity index (χ2v) is 7.35. The number of rotatable bonds is 4. The SMILES string of the molecule is CN([O-])Nn1ccc(N2CCOCc3cc(C(=O)N4CCCCC4)[nH]c32)cc1=N. The summed E-state index contributed by atoms with van der Waals surface area (Å²) in [5, 5.41) is 19.9. The number of ether oxygens (including phenoxy) is 1. The molecule has 10 nitrogen and oxygen atoms in total. The first-order valence-corrected chi connectivity index (χ1v) is 9.84. The van der Waals surface area contributed by atoms with E-state index in [0.717, 1.165) is 43.0 Å². The second kappa shape index (κ2) is 8.27. The van der Waals surface area contributed by atoms with E-state index in [2.05, 4.69) is 10.5 Å². The maximum Gasteiger partial charge on any atom is 0.270 e. The third-order valence-electron chi connectivity index (χ3n) is 5.23. The fraction of sp³-hybridized carbons (Fsp3) is 0.474. The average Bonchev–Trinajstić information content (AvgIpc) is 3.03. The fourth-order valence-electron chi connectivity index (χ4n) is 3.82. The summed E-state index contributed by atoms with van der Waals surface area (Å²) in [6.07, 6.45) is 4.89. The van der Waals surface area contributed by atoms with Crippen molar-refractivity contribution >= 4 is 17.4 Å². The number of hydrogen-bond acceptors (Lipinski definition) is 7. The molecule has 0 radical (unpaired) electrons. The number of fused-ring (bicyclic) bond motifs is 1. The summed E-state index contributed by atoms with van der Waals surface area (Å²) in [5.41, 5.74) is 4.90. The largest absolute Gasteiger partial charge is 0.767 e. The lowest BCUT2D eigenvalue weighted by molar-refractivity contribution is 0.0719. The molecule has 0 saturated carbocycles. The minimum absolute atomic E-state index is 0.0208. The molecule has 0 aromatic carbocycles. The molecule has 0 atom stereocenters. The predicted molar refractivity (Wildman–Crippen MR) is 108 cm³/mol. The number of nitrogens with zero attached hydrogens (tertiary/aromatic N) is 4. The highest BCUT2D eigenvalue weighted by Gasteiger charge is 2.25. The second-order valence-electron chi connectivity index (χ2n) is 7.35. The highest BCUT2D eigenvalue weighted by molar-refractivity contribution is 5.94. The molecule has 0 bridgehead atoms. The number of likely N-dealkylation sites (tertiary alicyclic amines) is 1. The molecule has 2 aromatic rings. The zero-order chi connectivity index (χ0) is 20.4. The summed E-state index contributed by atoms with van der Waals surface area (Å²) in [5.74, 6) is 0.835. The highest BCUT2D eigenvalue weighted by Crippen LogP contribution is 2.31. The predicted octanol–water partition coefficient (Wildman–Crippen LogP) is 1.48. The molecular formula is C19H26N7O3-. The van der Waals surface area contributed by atoms with Gasteiger partial charge in [0.25, 0.3) is 5.91 Å². The zero-order valence-corrected chi connectivity index (χ0v) is 16.5. The highest BCUT2D eigenvalue weighted by atomic mass is 16.5. The fourth-order valence-corrected chi connectivity index (χ4v) is 3.82. The molecule has 1 amide bonds. The van der Waals surface area contributed by atoms with Crippen molar-refractivity contribution in [1.29, 1.82) is 5.41 Å². The van der Waals surface area contributed by atoms with E-state index in [9.17, 15) is 10.0 Å². The van der Waals surface area contributed by atoms with Crippen molar-refractivity contribution in [3.05, 3.63) is 46.3 Å². The number of amides is 1. The number of pyridine rings is 1. The van der Waals surface area contributed by atoms with Gasteiger partial charge in [-0.2, -0.15) is 0 Å². The lowest BCUT2D eigenvalue weighted by atomic mass is 10.1. The van der Waals surface area contributed by atoms with E-state index in [0.29, 0.717) is 30.6 Å². The first-order chi connectivity index (χ1) is 14.0. The van der Waals surface area contributed by atoms with Crippen LogP contribution in [0.3, 0.4) is 0 Å². The molecule has 2 aliphatic heterocycles. The number of carbonyl (C=O) groups is 1. The van der Waals surface area contributed by atoms with Crippen LogP contribution in [0.5, 0.6) is 0 Å². The summed E-state index contributed by atoms with van der Waals surface area (Å²) in [7, 11) is 1.32. The van der Waals surface area contributed by atoms with E-state index in [-0.39, 0.29) is 11.4 Å².